The zero-order valence-electron chi connectivity index (χ0n) is 11.3. The van der Waals surface area contributed by atoms with Gasteiger partial charge in [-0.3, -0.25) is 4.68 Å². The minimum atomic E-state index is -0.199. The van der Waals surface area contributed by atoms with Crippen molar-refractivity contribution in [2.24, 2.45) is 12.8 Å². The number of rotatable bonds is 5. The molecule has 2 heterocycles. The van der Waals surface area contributed by atoms with Crippen LogP contribution in [-0.4, -0.2) is 19.3 Å². The molecule has 1 atom stereocenters. The standard InChI is InChI=1S/C13H21N5/c1-4-7-18-8-6-15-13(18)12(14)10-9-17(3)16-11(10)5-2/h6,8-9,12H,4-5,7,14H2,1-3H3. The Labute approximate surface area is 108 Å². The molecule has 2 rings (SSSR count). The minimum absolute atomic E-state index is 0.199. The summed E-state index contributed by atoms with van der Waals surface area (Å²) in [7, 11) is 1.92. The molecule has 0 saturated heterocycles. The largest absolute Gasteiger partial charge is 0.333 e. The van der Waals surface area contributed by atoms with E-state index in [1.165, 1.54) is 0 Å². The Kier molecular flexibility index (Phi) is 3.81. The molecule has 1 unspecified atom stereocenters. The van der Waals surface area contributed by atoms with Gasteiger partial charge in [0.05, 0.1) is 11.7 Å². The van der Waals surface area contributed by atoms with Gasteiger partial charge in [0, 0.05) is 37.7 Å². The molecule has 5 heteroatoms. The van der Waals surface area contributed by atoms with Gasteiger partial charge in [0.25, 0.3) is 0 Å². The minimum Gasteiger partial charge on any atom is -0.333 e. The zero-order chi connectivity index (χ0) is 13.1. The van der Waals surface area contributed by atoms with E-state index >= 15 is 0 Å². The first-order chi connectivity index (χ1) is 8.67. The number of hydrogen-bond acceptors (Lipinski definition) is 3. The summed E-state index contributed by atoms with van der Waals surface area (Å²) in [5.74, 6) is 0.916. The monoisotopic (exact) mass is 247 g/mol. The highest BCUT2D eigenvalue weighted by Crippen LogP contribution is 2.21. The third-order valence-corrected chi connectivity index (χ3v) is 3.10. The molecular weight excluding hydrogens is 226 g/mol. The van der Waals surface area contributed by atoms with E-state index < -0.39 is 0 Å². The molecule has 0 amide bonds. The van der Waals surface area contributed by atoms with Gasteiger partial charge >= 0.3 is 0 Å². The van der Waals surface area contributed by atoms with Gasteiger partial charge in [-0.2, -0.15) is 5.10 Å². The fourth-order valence-electron chi connectivity index (χ4n) is 2.26. The SMILES string of the molecule is CCCn1ccnc1C(N)c1cn(C)nc1CC. The summed E-state index contributed by atoms with van der Waals surface area (Å²) in [4.78, 5) is 4.40. The van der Waals surface area contributed by atoms with E-state index in [1.807, 2.05) is 30.3 Å². The molecule has 0 fully saturated rings. The number of imidazole rings is 1. The highest BCUT2D eigenvalue weighted by atomic mass is 15.3. The molecule has 0 spiro atoms. The molecule has 0 aromatic carbocycles. The first kappa shape index (κ1) is 12.8. The van der Waals surface area contributed by atoms with E-state index in [-0.39, 0.29) is 6.04 Å². The maximum atomic E-state index is 6.34. The van der Waals surface area contributed by atoms with Crippen LogP contribution in [0.4, 0.5) is 0 Å². The normalized spacial score (nSPS) is 12.9. The Morgan fingerprint density at radius 1 is 1.39 bits per heavy atom. The Balaban J connectivity index is 2.34. The molecule has 0 aliphatic heterocycles. The van der Waals surface area contributed by atoms with Crippen molar-refractivity contribution in [1.82, 2.24) is 19.3 Å². The van der Waals surface area contributed by atoms with Gasteiger partial charge in [-0.1, -0.05) is 13.8 Å². The van der Waals surface area contributed by atoms with Crippen LogP contribution < -0.4 is 5.73 Å². The summed E-state index contributed by atoms with van der Waals surface area (Å²) in [6.07, 6.45) is 7.75. The summed E-state index contributed by atoms with van der Waals surface area (Å²) in [5.41, 5.74) is 8.47. The molecule has 0 saturated carbocycles. The summed E-state index contributed by atoms with van der Waals surface area (Å²) in [6.45, 7) is 5.19. The second-order valence-electron chi connectivity index (χ2n) is 4.51. The second-order valence-corrected chi connectivity index (χ2v) is 4.51. The fourth-order valence-corrected chi connectivity index (χ4v) is 2.26. The molecule has 18 heavy (non-hydrogen) atoms. The van der Waals surface area contributed by atoms with Crippen LogP contribution in [0.5, 0.6) is 0 Å². The van der Waals surface area contributed by atoms with Crippen LogP contribution in [-0.2, 0) is 20.0 Å². The molecule has 0 bridgehead atoms. The van der Waals surface area contributed by atoms with E-state index in [4.69, 9.17) is 5.73 Å². The van der Waals surface area contributed by atoms with Gasteiger partial charge in [0.1, 0.15) is 5.82 Å². The van der Waals surface area contributed by atoms with E-state index in [0.717, 1.165) is 36.5 Å². The molecule has 2 N–H and O–H groups in total. The lowest BCUT2D eigenvalue weighted by atomic mass is 10.1. The first-order valence-electron chi connectivity index (χ1n) is 6.46. The van der Waals surface area contributed by atoms with Gasteiger partial charge in [0.2, 0.25) is 0 Å². The number of hydrogen-bond donors (Lipinski definition) is 1. The lowest BCUT2D eigenvalue weighted by Gasteiger charge is -2.13. The number of nitrogens with zero attached hydrogens (tertiary/aromatic N) is 4. The summed E-state index contributed by atoms with van der Waals surface area (Å²) < 4.78 is 3.94. The maximum Gasteiger partial charge on any atom is 0.130 e. The van der Waals surface area contributed by atoms with Crippen LogP contribution in [0.1, 0.15) is 43.4 Å². The van der Waals surface area contributed by atoms with Crippen molar-refractivity contribution in [3.63, 3.8) is 0 Å². The smallest absolute Gasteiger partial charge is 0.130 e. The quantitative estimate of drug-likeness (QED) is 0.873. The van der Waals surface area contributed by atoms with Gasteiger partial charge in [-0.15, -0.1) is 0 Å². The van der Waals surface area contributed by atoms with E-state index in [1.54, 1.807) is 0 Å². The predicted molar refractivity (Wildman–Crippen MR) is 71.1 cm³/mol. The Morgan fingerprint density at radius 2 is 2.17 bits per heavy atom. The van der Waals surface area contributed by atoms with Crippen molar-refractivity contribution in [1.29, 1.82) is 0 Å². The maximum absolute atomic E-state index is 6.34. The zero-order valence-corrected chi connectivity index (χ0v) is 11.3. The van der Waals surface area contributed by atoms with Crippen LogP contribution >= 0.6 is 0 Å². The predicted octanol–water partition coefficient (Wildman–Crippen LogP) is 1.64. The van der Waals surface area contributed by atoms with Crippen molar-refractivity contribution in [3.05, 3.63) is 35.7 Å². The highest BCUT2D eigenvalue weighted by molar-refractivity contribution is 5.27. The molecule has 5 nitrogen and oxygen atoms in total. The van der Waals surface area contributed by atoms with Gasteiger partial charge in [-0.05, 0) is 12.8 Å². The third-order valence-electron chi connectivity index (χ3n) is 3.10. The van der Waals surface area contributed by atoms with Crippen molar-refractivity contribution in [3.8, 4) is 0 Å². The van der Waals surface area contributed by atoms with Gasteiger partial charge in [-0.25, -0.2) is 4.98 Å². The lowest BCUT2D eigenvalue weighted by Crippen LogP contribution is -2.18. The van der Waals surface area contributed by atoms with Gasteiger partial charge in [0.15, 0.2) is 0 Å². The van der Waals surface area contributed by atoms with Crippen molar-refractivity contribution in [2.45, 2.75) is 39.3 Å². The Hall–Kier alpha value is -1.62. The summed E-state index contributed by atoms with van der Waals surface area (Å²) in [6, 6.07) is -0.199. The van der Waals surface area contributed by atoms with Crippen LogP contribution in [0, 0.1) is 0 Å². The molecule has 0 radical (unpaired) electrons. The highest BCUT2D eigenvalue weighted by Gasteiger charge is 2.19. The lowest BCUT2D eigenvalue weighted by molar-refractivity contribution is 0.611. The Morgan fingerprint density at radius 3 is 2.83 bits per heavy atom. The number of aryl methyl sites for hydroxylation is 3. The van der Waals surface area contributed by atoms with Crippen LogP contribution in [0.2, 0.25) is 0 Å². The van der Waals surface area contributed by atoms with Crippen molar-refractivity contribution >= 4 is 0 Å². The number of aromatic nitrogens is 4. The third kappa shape index (κ3) is 2.31. The topological polar surface area (TPSA) is 61.7 Å². The van der Waals surface area contributed by atoms with Gasteiger partial charge < -0.3 is 10.3 Å². The van der Waals surface area contributed by atoms with Crippen LogP contribution in [0.15, 0.2) is 18.6 Å². The number of nitrogens with two attached hydrogens (primary N) is 1. The summed E-state index contributed by atoms with van der Waals surface area (Å²) in [5, 5.41) is 4.44. The average molecular weight is 247 g/mol. The van der Waals surface area contributed by atoms with Crippen LogP contribution in [0.3, 0.4) is 0 Å². The summed E-state index contributed by atoms with van der Waals surface area (Å²) >= 11 is 0. The van der Waals surface area contributed by atoms with Crippen molar-refractivity contribution < 1.29 is 0 Å². The fraction of sp³-hybridized carbons (Fsp3) is 0.538. The van der Waals surface area contributed by atoms with Crippen molar-refractivity contribution in [2.75, 3.05) is 0 Å². The molecule has 98 valence electrons. The molecule has 0 aliphatic carbocycles. The molecular formula is C13H21N5. The average Bonchev–Trinajstić information content (AvgIpc) is 2.95. The van der Waals surface area contributed by atoms with E-state index in [2.05, 4.69) is 28.5 Å². The van der Waals surface area contributed by atoms with E-state index in [9.17, 15) is 0 Å². The molecule has 2 aromatic heterocycles. The molecule has 0 aliphatic rings. The van der Waals surface area contributed by atoms with Crippen LogP contribution in [0.25, 0.3) is 0 Å². The Bertz CT molecular complexity index is 511. The van der Waals surface area contributed by atoms with E-state index in [0.29, 0.717) is 0 Å². The first-order valence-corrected chi connectivity index (χ1v) is 6.46. The molecule has 2 aromatic rings. The second kappa shape index (κ2) is 5.35.